The summed E-state index contributed by atoms with van der Waals surface area (Å²) in [6.45, 7) is 5.09. The van der Waals surface area contributed by atoms with E-state index < -0.39 is 47.8 Å². The van der Waals surface area contributed by atoms with Crippen molar-refractivity contribution >= 4 is 46.6 Å². The van der Waals surface area contributed by atoms with Crippen LogP contribution in [0.5, 0.6) is 0 Å². The molecule has 0 aliphatic heterocycles. The summed E-state index contributed by atoms with van der Waals surface area (Å²) < 4.78 is 5.24. The first-order valence-corrected chi connectivity index (χ1v) is 13.6. The quantitative estimate of drug-likeness (QED) is 0.0611. The van der Waals surface area contributed by atoms with E-state index in [4.69, 9.17) is 16.0 Å². The minimum atomic E-state index is -1.18. The largest absolute Gasteiger partial charge is 0.461 e. The third-order valence-corrected chi connectivity index (χ3v) is 6.21. The average Bonchev–Trinajstić information content (AvgIpc) is 3.32. The minimum Gasteiger partial charge on any atom is -0.461 e. The summed E-state index contributed by atoms with van der Waals surface area (Å²) in [7, 11) is 0. The molecule has 1 aromatic heterocycles. The fourth-order valence-electron chi connectivity index (χ4n) is 4.17. The van der Waals surface area contributed by atoms with Crippen molar-refractivity contribution in [1.82, 2.24) is 20.9 Å². The maximum atomic E-state index is 13.3. The molecule has 0 unspecified atom stereocenters. The number of aromatic nitrogens is 1. The van der Waals surface area contributed by atoms with Crippen LogP contribution in [-0.2, 0) is 35.1 Å². The number of nitrogens with zero attached hydrogens (tertiary/aromatic N) is 2. The zero-order chi connectivity index (χ0) is 30.4. The first kappa shape index (κ1) is 32.9. The highest BCUT2D eigenvalue weighted by molar-refractivity contribution is 6.25. The number of esters is 1. The van der Waals surface area contributed by atoms with Gasteiger partial charge in [0.1, 0.15) is 12.1 Å². The maximum Gasteiger partial charge on any atom is 0.328 e. The lowest BCUT2D eigenvalue weighted by atomic mass is 10.0. The predicted octanol–water partition coefficient (Wildman–Crippen LogP) is 0.915. The number of amides is 3. The fraction of sp³-hybridized carbons (Fsp3) is 0.500. The summed E-state index contributed by atoms with van der Waals surface area (Å²) in [5, 5.41) is 8.91. The first-order valence-electron chi connectivity index (χ1n) is 13.6. The molecule has 0 saturated heterocycles. The Morgan fingerprint density at radius 3 is 2.44 bits per heavy atom. The highest BCUT2D eigenvalue weighted by atomic mass is 16.5. The van der Waals surface area contributed by atoms with E-state index in [2.05, 4.69) is 25.7 Å². The number of H-pyrrole nitrogens is 1. The normalized spacial score (nSPS) is 13.0. The van der Waals surface area contributed by atoms with Crippen LogP contribution in [0.4, 0.5) is 0 Å². The topological polar surface area (TPSA) is 209 Å². The molecule has 2 aromatic rings. The number of fused-ring (bicyclic) bond motifs is 1. The molecule has 222 valence electrons. The number of hydrogen-bond donors (Lipinski definition) is 5. The van der Waals surface area contributed by atoms with Crippen LogP contribution in [0.1, 0.15) is 58.4 Å². The number of carbonyl (C=O) groups excluding carboxylic acids is 5. The molecule has 6 N–H and O–H groups in total. The lowest BCUT2D eigenvalue weighted by Gasteiger charge is -2.24. The lowest BCUT2D eigenvalue weighted by molar-refractivity contribution is -0.152. The summed E-state index contributed by atoms with van der Waals surface area (Å²) in [4.78, 5) is 67.9. The molecule has 2 rings (SSSR count). The molecule has 0 aliphatic rings. The van der Waals surface area contributed by atoms with Crippen molar-refractivity contribution in [1.29, 1.82) is 0 Å². The average molecular weight is 570 g/mol. The van der Waals surface area contributed by atoms with Crippen molar-refractivity contribution in [2.45, 2.75) is 83.5 Å². The molecule has 0 saturated carbocycles. The van der Waals surface area contributed by atoms with E-state index in [0.29, 0.717) is 25.6 Å². The number of ketones is 1. The molecule has 0 radical (unpaired) electrons. The van der Waals surface area contributed by atoms with Gasteiger partial charge in [0.05, 0.1) is 12.1 Å². The molecule has 3 amide bonds. The molecular weight excluding hydrogens is 530 g/mol. The van der Waals surface area contributed by atoms with Gasteiger partial charge in [-0.3, -0.25) is 19.2 Å². The molecule has 13 heteroatoms. The van der Waals surface area contributed by atoms with Crippen molar-refractivity contribution in [2.24, 2.45) is 5.73 Å². The van der Waals surface area contributed by atoms with Gasteiger partial charge in [0, 0.05) is 37.0 Å². The van der Waals surface area contributed by atoms with E-state index in [1.165, 1.54) is 6.92 Å². The lowest BCUT2D eigenvalue weighted by Crippen LogP contribution is -2.55. The minimum absolute atomic E-state index is 0.106. The smallest absolute Gasteiger partial charge is 0.328 e. The summed E-state index contributed by atoms with van der Waals surface area (Å²) in [5.41, 5.74) is 16.6. The van der Waals surface area contributed by atoms with Gasteiger partial charge in [-0.2, -0.15) is 4.79 Å². The zero-order valence-electron chi connectivity index (χ0n) is 23.6. The number of benzene rings is 1. The number of carbonyl (C=O) groups is 5. The number of ether oxygens (including phenoxy) is 1. The summed E-state index contributed by atoms with van der Waals surface area (Å²) in [5.74, 6) is -2.66. The van der Waals surface area contributed by atoms with Crippen molar-refractivity contribution in [3.63, 3.8) is 0 Å². The van der Waals surface area contributed by atoms with Crippen LogP contribution in [0.25, 0.3) is 16.4 Å². The SMILES string of the molecule is CC(=O)NCCCC[C@H](NC(=O)[C@@H](N)Cc1c[nH]c2ccccc12)C(=O)N[C@@H](CCC(=O)C=[N+]=[N-])C(=O)OC(C)C. The van der Waals surface area contributed by atoms with Crippen LogP contribution in [0.2, 0.25) is 0 Å². The second kappa shape index (κ2) is 16.7. The molecule has 0 bridgehead atoms. The van der Waals surface area contributed by atoms with Crippen LogP contribution in [0.15, 0.2) is 30.5 Å². The monoisotopic (exact) mass is 569 g/mol. The molecule has 13 nitrogen and oxygen atoms in total. The van der Waals surface area contributed by atoms with Gasteiger partial charge in [0.25, 0.3) is 0 Å². The van der Waals surface area contributed by atoms with E-state index in [9.17, 15) is 24.0 Å². The number of hydrogen-bond acceptors (Lipinski definition) is 7. The zero-order valence-corrected chi connectivity index (χ0v) is 23.6. The Hall–Kier alpha value is -4.35. The fourth-order valence-corrected chi connectivity index (χ4v) is 4.17. The Labute approximate surface area is 238 Å². The van der Waals surface area contributed by atoms with Gasteiger partial charge in [0.15, 0.2) is 0 Å². The van der Waals surface area contributed by atoms with Crippen LogP contribution >= 0.6 is 0 Å². The number of para-hydroxylation sites is 1. The third kappa shape index (κ3) is 11.3. The highest BCUT2D eigenvalue weighted by Gasteiger charge is 2.30. The predicted molar refractivity (Wildman–Crippen MR) is 152 cm³/mol. The van der Waals surface area contributed by atoms with Gasteiger partial charge < -0.3 is 36.9 Å². The van der Waals surface area contributed by atoms with Crippen LogP contribution < -0.4 is 21.7 Å². The van der Waals surface area contributed by atoms with Crippen molar-refractivity contribution in [3.8, 4) is 0 Å². The van der Waals surface area contributed by atoms with Gasteiger partial charge in [-0.25, -0.2) is 4.79 Å². The molecule has 3 atom stereocenters. The van der Waals surface area contributed by atoms with Crippen molar-refractivity contribution in [2.75, 3.05) is 6.54 Å². The van der Waals surface area contributed by atoms with Crippen LogP contribution in [-0.4, -0.2) is 76.2 Å². The Morgan fingerprint density at radius 1 is 1.05 bits per heavy atom. The second-order valence-electron chi connectivity index (χ2n) is 10.0. The van der Waals surface area contributed by atoms with Gasteiger partial charge in [-0.15, -0.1) is 0 Å². The van der Waals surface area contributed by atoms with Gasteiger partial charge >= 0.3 is 12.2 Å². The number of Topliss-reactive ketones (excluding diaryl/α,β-unsaturated/α-hetero) is 1. The van der Waals surface area contributed by atoms with Crippen LogP contribution in [0, 0.1) is 0 Å². The molecule has 0 aliphatic carbocycles. The highest BCUT2D eigenvalue weighted by Crippen LogP contribution is 2.19. The molecule has 1 aromatic carbocycles. The van der Waals surface area contributed by atoms with E-state index in [1.54, 1.807) is 20.0 Å². The number of unbranched alkanes of at least 4 members (excludes halogenated alkanes) is 1. The number of rotatable bonds is 17. The Morgan fingerprint density at radius 2 is 1.76 bits per heavy atom. The molecule has 1 heterocycles. The van der Waals surface area contributed by atoms with Gasteiger partial charge in [0.2, 0.25) is 23.5 Å². The maximum absolute atomic E-state index is 13.3. The second-order valence-corrected chi connectivity index (χ2v) is 10.0. The third-order valence-electron chi connectivity index (χ3n) is 6.21. The molecule has 0 spiro atoms. The number of nitrogens with two attached hydrogens (primary N) is 1. The summed E-state index contributed by atoms with van der Waals surface area (Å²) in [6, 6.07) is 4.43. The summed E-state index contributed by atoms with van der Waals surface area (Å²) >= 11 is 0. The van der Waals surface area contributed by atoms with Crippen LogP contribution in [0.3, 0.4) is 0 Å². The Kier molecular flexibility index (Phi) is 13.4. The molecule has 0 fully saturated rings. The van der Waals surface area contributed by atoms with Gasteiger partial charge in [-0.1, -0.05) is 18.2 Å². The van der Waals surface area contributed by atoms with E-state index in [-0.39, 0.29) is 31.6 Å². The Bertz CT molecular complexity index is 1270. The molecule has 41 heavy (non-hydrogen) atoms. The Balaban J connectivity index is 2.14. The summed E-state index contributed by atoms with van der Waals surface area (Å²) in [6.07, 6.45) is 3.19. The van der Waals surface area contributed by atoms with Gasteiger partial charge in [-0.05, 0) is 57.6 Å². The van der Waals surface area contributed by atoms with E-state index >= 15 is 0 Å². The standard InChI is InChI=1S/C28H39N7O6/c1-17(2)41-28(40)25(12-11-20(37)16-33-30)35-27(39)24(10-6-7-13-31-18(3)36)34-26(38)22(29)14-19-15-32-23-9-5-4-8-21(19)23/h4-5,8-9,15-17,22,24-25,32H,6-7,10-14,29H2,1-3H3,(H,31,36)(H,34,38)(H,35,39)/t22-,24-,25-/m0/s1. The van der Waals surface area contributed by atoms with Crippen molar-refractivity contribution < 1.29 is 33.5 Å². The number of aromatic amines is 1. The first-order chi connectivity index (χ1) is 19.5. The van der Waals surface area contributed by atoms with Crippen molar-refractivity contribution in [3.05, 3.63) is 41.6 Å². The van der Waals surface area contributed by atoms with E-state index in [0.717, 1.165) is 16.5 Å². The van der Waals surface area contributed by atoms with E-state index in [1.807, 2.05) is 24.3 Å². The molecular formula is C28H39N7O6. The number of nitrogens with one attached hydrogen (secondary N) is 4.